The van der Waals surface area contributed by atoms with Gasteiger partial charge in [0.2, 0.25) is 10.0 Å². The number of ether oxygens (including phenoxy) is 1. The van der Waals surface area contributed by atoms with Crippen LogP contribution >= 0.6 is 0 Å². The minimum absolute atomic E-state index is 0.162. The molecule has 0 saturated heterocycles. The number of rotatable bonds is 8. The van der Waals surface area contributed by atoms with Crippen molar-refractivity contribution in [1.29, 1.82) is 0 Å². The second-order valence-corrected chi connectivity index (χ2v) is 8.71. The number of hydrogen-bond acceptors (Lipinski definition) is 5. The first-order chi connectivity index (χ1) is 12.0. The summed E-state index contributed by atoms with van der Waals surface area (Å²) in [5.41, 5.74) is 0.0958. The first kappa shape index (κ1) is 22.1. The largest absolute Gasteiger partial charge is 0.455 e. The lowest BCUT2D eigenvalue weighted by Crippen LogP contribution is -2.30. The number of ketones is 1. The molecule has 0 atom stereocenters. The Balaban J connectivity index is 2.74. The molecule has 0 fully saturated rings. The number of Topliss-reactive ketones (excluding diaryl/α,β-unsaturated/α-hetero) is 1. The van der Waals surface area contributed by atoms with E-state index in [4.69, 9.17) is 4.74 Å². The molecule has 1 aromatic carbocycles. The summed E-state index contributed by atoms with van der Waals surface area (Å²) >= 11 is 0. The van der Waals surface area contributed by atoms with Gasteiger partial charge in [0.15, 0.2) is 12.4 Å². The van der Waals surface area contributed by atoms with Gasteiger partial charge in [0.1, 0.15) is 0 Å². The summed E-state index contributed by atoms with van der Waals surface area (Å²) in [7, 11) is -3.50. The van der Waals surface area contributed by atoms with Crippen molar-refractivity contribution in [3.63, 3.8) is 0 Å². The van der Waals surface area contributed by atoms with Crippen LogP contribution in [0.15, 0.2) is 35.2 Å². The first-order valence-electron chi connectivity index (χ1n) is 8.50. The van der Waals surface area contributed by atoms with Gasteiger partial charge in [-0.15, -0.1) is 0 Å². The van der Waals surface area contributed by atoms with Crippen LogP contribution in [0.2, 0.25) is 0 Å². The maximum Gasteiger partial charge on any atom is 0.331 e. The van der Waals surface area contributed by atoms with Crippen LogP contribution < -0.4 is 0 Å². The van der Waals surface area contributed by atoms with E-state index in [1.165, 1.54) is 28.6 Å². The lowest BCUT2D eigenvalue weighted by Gasteiger charge is -2.18. The number of sulfonamides is 1. The van der Waals surface area contributed by atoms with E-state index in [2.05, 4.69) is 0 Å². The summed E-state index contributed by atoms with van der Waals surface area (Å²) in [6.07, 6.45) is 2.72. The smallest absolute Gasteiger partial charge is 0.331 e. The van der Waals surface area contributed by atoms with Crippen LogP contribution in [0.1, 0.15) is 40.2 Å². The van der Waals surface area contributed by atoms with Gasteiger partial charge in [-0.2, -0.15) is 4.31 Å². The van der Waals surface area contributed by atoms with Crippen LogP contribution in [-0.2, 0) is 24.3 Å². The molecule has 0 bridgehead atoms. The number of benzene rings is 1. The van der Waals surface area contributed by atoms with E-state index >= 15 is 0 Å². The number of carbonyl (C=O) groups is 2. The molecule has 0 spiro atoms. The second-order valence-electron chi connectivity index (χ2n) is 6.77. The first-order valence-corrected chi connectivity index (χ1v) is 9.94. The van der Waals surface area contributed by atoms with Crippen molar-refractivity contribution in [1.82, 2.24) is 4.31 Å². The summed E-state index contributed by atoms with van der Waals surface area (Å²) in [5, 5.41) is 0. The zero-order valence-electron chi connectivity index (χ0n) is 16.0. The zero-order valence-corrected chi connectivity index (χ0v) is 16.8. The van der Waals surface area contributed by atoms with Gasteiger partial charge in [-0.05, 0) is 23.8 Å². The molecule has 0 aliphatic carbocycles. The third-order valence-electron chi connectivity index (χ3n) is 3.82. The molecule has 0 N–H and O–H groups in total. The molecule has 1 aromatic rings. The molecule has 0 aromatic heterocycles. The van der Waals surface area contributed by atoms with Crippen molar-refractivity contribution in [3.05, 3.63) is 35.9 Å². The van der Waals surface area contributed by atoms with Crippen molar-refractivity contribution in [3.8, 4) is 0 Å². The van der Waals surface area contributed by atoms with Crippen molar-refractivity contribution in [2.24, 2.45) is 5.41 Å². The molecule has 0 aliphatic rings. The molecular weight excluding hydrogens is 354 g/mol. The standard InChI is InChI=1S/C19H27NO5S/c1-6-20(7-2)26(23,24)16-11-8-15(9-12-16)10-13-18(22)25-14-17(21)19(3,4)5/h8-13H,6-7,14H2,1-5H3. The fourth-order valence-electron chi connectivity index (χ4n) is 2.03. The van der Waals surface area contributed by atoms with Crippen molar-refractivity contribution >= 4 is 27.9 Å². The summed E-state index contributed by atoms with van der Waals surface area (Å²) < 4.78 is 31.1. The Bertz CT molecular complexity index is 754. The Labute approximate surface area is 155 Å². The molecule has 1 rings (SSSR count). The number of esters is 1. The zero-order chi connectivity index (χ0) is 20.0. The molecule has 144 valence electrons. The average Bonchev–Trinajstić information content (AvgIpc) is 2.58. The molecule has 0 amide bonds. The van der Waals surface area contributed by atoms with Gasteiger partial charge in [0.05, 0.1) is 4.90 Å². The molecule has 7 heteroatoms. The number of carbonyl (C=O) groups excluding carboxylic acids is 2. The normalized spacial score (nSPS) is 12.5. The highest BCUT2D eigenvalue weighted by Gasteiger charge is 2.22. The Morgan fingerprint density at radius 2 is 1.62 bits per heavy atom. The van der Waals surface area contributed by atoms with E-state index < -0.39 is 21.4 Å². The highest BCUT2D eigenvalue weighted by molar-refractivity contribution is 7.89. The topological polar surface area (TPSA) is 80.8 Å². The third-order valence-corrected chi connectivity index (χ3v) is 5.88. The van der Waals surface area contributed by atoms with E-state index in [1.54, 1.807) is 46.8 Å². The highest BCUT2D eigenvalue weighted by Crippen LogP contribution is 2.17. The summed E-state index contributed by atoms with van der Waals surface area (Å²) in [6.45, 7) is 9.38. The van der Waals surface area contributed by atoms with E-state index in [1.807, 2.05) is 0 Å². The molecule has 0 unspecified atom stereocenters. The van der Waals surface area contributed by atoms with Crippen LogP contribution in [0.5, 0.6) is 0 Å². The van der Waals surface area contributed by atoms with E-state index in [0.29, 0.717) is 18.7 Å². The Morgan fingerprint density at radius 1 is 1.08 bits per heavy atom. The third kappa shape index (κ3) is 6.07. The van der Waals surface area contributed by atoms with Gasteiger partial charge in [0.25, 0.3) is 0 Å². The maximum absolute atomic E-state index is 12.4. The highest BCUT2D eigenvalue weighted by atomic mass is 32.2. The van der Waals surface area contributed by atoms with Crippen molar-refractivity contribution < 1.29 is 22.7 Å². The summed E-state index contributed by atoms with van der Waals surface area (Å²) in [5.74, 6) is -0.785. The van der Waals surface area contributed by atoms with Crippen molar-refractivity contribution in [2.75, 3.05) is 19.7 Å². The monoisotopic (exact) mass is 381 g/mol. The molecule has 26 heavy (non-hydrogen) atoms. The molecule has 0 heterocycles. The number of nitrogens with zero attached hydrogens (tertiary/aromatic N) is 1. The van der Waals surface area contributed by atoms with Gasteiger partial charge < -0.3 is 4.74 Å². The van der Waals surface area contributed by atoms with Gasteiger partial charge in [-0.25, -0.2) is 13.2 Å². The fraction of sp³-hybridized carbons (Fsp3) is 0.474. The quantitative estimate of drug-likeness (QED) is 0.511. The molecule has 0 radical (unpaired) electrons. The van der Waals surface area contributed by atoms with Crippen LogP contribution in [0.4, 0.5) is 0 Å². The van der Waals surface area contributed by atoms with Crippen LogP contribution in [0.3, 0.4) is 0 Å². The van der Waals surface area contributed by atoms with Gasteiger partial charge in [-0.1, -0.05) is 46.8 Å². The van der Waals surface area contributed by atoms with Gasteiger partial charge in [0, 0.05) is 24.6 Å². The fourth-order valence-corrected chi connectivity index (χ4v) is 3.49. The summed E-state index contributed by atoms with van der Waals surface area (Å²) in [4.78, 5) is 23.6. The van der Waals surface area contributed by atoms with E-state index in [-0.39, 0.29) is 17.3 Å². The van der Waals surface area contributed by atoms with Crippen LogP contribution in [0.25, 0.3) is 6.08 Å². The Hall–Kier alpha value is -1.99. The predicted octanol–water partition coefficient (Wildman–Crippen LogP) is 2.89. The lowest BCUT2D eigenvalue weighted by molar-refractivity contribution is -0.145. The van der Waals surface area contributed by atoms with E-state index in [9.17, 15) is 18.0 Å². The number of hydrogen-bond donors (Lipinski definition) is 0. The van der Waals surface area contributed by atoms with Crippen molar-refractivity contribution in [2.45, 2.75) is 39.5 Å². The molecule has 6 nitrogen and oxygen atoms in total. The maximum atomic E-state index is 12.4. The Kier molecular flexibility index (Phi) is 7.71. The minimum atomic E-state index is -3.50. The van der Waals surface area contributed by atoms with Gasteiger partial charge in [-0.3, -0.25) is 4.79 Å². The minimum Gasteiger partial charge on any atom is -0.455 e. The van der Waals surface area contributed by atoms with Gasteiger partial charge >= 0.3 is 5.97 Å². The molecule has 0 aliphatic heterocycles. The van der Waals surface area contributed by atoms with E-state index in [0.717, 1.165) is 0 Å². The lowest BCUT2D eigenvalue weighted by atomic mass is 9.91. The predicted molar refractivity (Wildman–Crippen MR) is 101 cm³/mol. The second kappa shape index (κ2) is 9.09. The Morgan fingerprint density at radius 3 is 2.08 bits per heavy atom. The average molecular weight is 381 g/mol. The molecule has 0 saturated carbocycles. The van der Waals surface area contributed by atoms with Crippen LogP contribution in [-0.4, -0.2) is 44.2 Å². The summed E-state index contributed by atoms with van der Waals surface area (Å²) in [6, 6.07) is 6.23. The SMILES string of the molecule is CCN(CC)S(=O)(=O)c1ccc(C=CC(=O)OCC(=O)C(C)(C)C)cc1. The molecular formula is C19H27NO5S. The van der Waals surface area contributed by atoms with Crippen LogP contribution in [0, 0.1) is 5.41 Å².